The summed E-state index contributed by atoms with van der Waals surface area (Å²) in [5, 5.41) is 8.62. The monoisotopic (exact) mass is 430 g/mol. The summed E-state index contributed by atoms with van der Waals surface area (Å²) in [6.07, 6.45) is 2.10. The first-order valence-electron chi connectivity index (χ1n) is 10.3. The minimum absolute atomic E-state index is 0.559. The summed E-state index contributed by atoms with van der Waals surface area (Å²) in [4.78, 5) is 0. The maximum Gasteiger partial charge on any atom is 0.246 e. The SMILES string of the molecule is COc1cc(Cn2c[n+](Cn3nnc4ccccc43)c3ccccc32)cc(OC)c1OC. The number of fused-ring (bicyclic) bond motifs is 2. The molecule has 5 aromatic rings. The molecule has 5 rings (SSSR count). The van der Waals surface area contributed by atoms with Crippen LogP contribution in [0, 0.1) is 0 Å². The average molecular weight is 430 g/mol. The van der Waals surface area contributed by atoms with Crippen molar-refractivity contribution >= 4 is 22.1 Å². The van der Waals surface area contributed by atoms with Crippen LogP contribution in [0.15, 0.2) is 67.0 Å². The lowest BCUT2D eigenvalue weighted by Crippen LogP contribution is -2.36. The zero-order chi connectivity index (χ0) is 22.1. The second-order valence-electron chi connectivity index (χ2n) is 7.45. The van der Waals surface area contributed by atoms with Gasteiger partial charge in [0, 0.05) is 5.56 Å². The normalized spacial score (nSPS) is 11.2. The lowest BCUT2D eigenvalue weighted by atomic mass is 10.1. The second kappa shape index (κ2) is 8.22. The van der Waals surface area contributed by atoms with Crippen molar-refractivity contribution in [3.63, 3.8) is 0 Å². The summed E-state index contributed by atoms with van der Waals surface area (Å²) in [6.45, 7) is 1.20. The van der Waals surface area contributed by atoms with E-state index in [1.54, 1.807) is 21.3 Å². The molecule has 0 N–H and O–H groups in total. The highest BCUT2D eigenvalue weighted by Gasteiger charge is 2.19. The largest absolute Gasteiger partial charge is 0.493 e. The van der Waals surface area contributed by atoms with Crippen molar-refractivity contribution in [2.75, 3.05) is 21.3 Å². The molecule has 162 valence electrons. The van der Waals surface area contributed by atoms with Crippen LogP contribution < -0.4 is 18.8 Å². The Balaban J connectivity index is 1.55. The molecular weight excluding hydrogens is 406 g/mol. The summed E-state index contributed by atoms with van der Waals surface area (Å²) < 4.78 is 22.8. The number of methoxy groups -OCH3 is 3. The zero-order valence-corrected chi connectivity index (χ0v) is 18.2. The lowest BCUT2D eigenvalue weighted by Gasteiger charge is -2.13. The van der Waals surface area contributed by atoms with Gasteiger partial charge in [-0.05, 0) is 36.4 Å². The highest BCUT2D eigenvalue weighted by atomic mass is 16.5. The number of aromatic nitrogens is 5. The maximum absolute atomic E-state index is 5.52. The third-order valence-electron chi connectivity index (χ3n) is 5.56. The minimum Gasteiger partial charge on any atom is -0.493 e. The highest BCUT2D eigenvalue weighted by Crippen LogP contribution is 2.38. The molecular formula is C24H24N5O3+. The Morgan fingerprint density at radius 1 is 0.844 bits per heavy atom. The fourth-order valence-corrected chi connectivity index (χ4v) is 4.07. The molecule has 8 nitrogen and oxygen atoms in total. The van der Waals surface area contributed by atoms with Crippen LogP contribution in [0.3, 0.4) is 0 Å². The van der Waals surface area contributed by atoms with Crippen LogP contribution in [0.5, 0.6) is 17.2 Å². The molecule has 0 bridgehead atoms. The molecule has 0 fully saturated rings. The summed E-state index contributed by atoms with van der Waals surface area (Å²) in [5.74, 6) is 1.87. The molecule has 0 radical (unpaired) electrons. The van der Waals surface area contributed by atoms with E-state index in [0.29, 0.717) is 30.5 Å². The van der Waals surface area contributed by atoms with Crippen LogP contribution >= 0.6 is 0 Å². The first kappa shape index (κ1) is 19.9. The Morgan fingerprint density at radius 2 is 1.53 bits per heavy atom. The summed E-state index contributed by atoms with van der Waals surface area (Å²) in [7, 11) is 4.86. The molecule has 0 saturated carbocycles. The Kier molecular flexibility index (Phi) is 5.10. The predicted octanol–water partition coefficient (Wildman–Crippen LogP) is 3.25. The number of ether oxygens (including phenoxy) is 3. The van der Waals surface area contributed by atoms with Crippen LogP contribution in [-0.4, -0.2) is 40.9 Å². The van der Waals surface area contributed by atoms with Crippen molar-refractivity contribution in [3.05, 3.63) is 72.6 Å². The van der Waals surface area contributed by atoms with Gasteiger partial charge in [-0.2, -0.15) is 0 Å². The Morgan fingerprint density at radius 3 is 2.25 bits per heavy atom. The van der Waals surface area contributed by atoms with Crippen LogP contribution in [0.4, 0.5) is 0 Å². The van der Waals surface area contributed by atoms with Gasteiger partial charge in [-0.25, -0.2) is 13.8 Å². The fraction of sp³-hybridized carbons (Fsp3) is 0.208. The summed E-state index contributed by atoms with van der Waals surface area (Å²) in [5.41, 5.74) is 5.15. The van der Waals surface area contributed by atoms with Crippen LogP contribution in [0.2, 0.25) is 0 Å². The molecule has 0 atom stereocenters. The van der Waals surface area contributed by atoms with Gasteiger partial charge < -0.3 is 14.2 Å². The zero-order valence-electron chi connectivity index (χ0n) is 18.2. The molecule has 0 amide bonds. The third kappa shape index (κ3) is 3.39. The van der Waals surface area contributed by atoms with E-state index >= 15 is 0 Å². The van der Waals surface area contributed by atoms with E-state index in [-0.39, 0.29) is 0 Å². The minimum atomic E-state index is 0.559. The fourth-order valence-electron chi connectivity index (χ4n) is 4.07. The molecule has 32 heavy (non-hydrogen) atoms. The molecule has 2 heterocycles. The van der Waals surface area contributed by atoms with E-state index in [1.807, 2.05) is 53.2 Å². The number of hydrogen-bond donors (Lipinski definition) is 0. The number of nitrogens with zero attached hydrogens (tertiary/aromatic N) is 5. The molecule has 0 unspecified atom stereocenters. The van der Waals surface area contributed by atoms with Gasteiger partial charge in [0.1, 0.15) is 12.1 Å². The van der Waals surface area contributed by atoms with Crippen molar-refractivity contribution in [1.29, 1.82) is 0 Å². The highest BCUT2D eigenvalue weighted by molar-refractivity contribution is 5.74. The molecule has 0 aliphatic rings. The lowest BCUT2D eigenvalue weighted by molar-refractivity contribution is -0.677. The van der Waals surface area contributed by atoms with Crippen molar-refractivity contribution in [1.82, 2.24) is 19.6 Å². The van der Waals surface area contributed by atoms with E-state index in [4.69, 9.17) is 14.2 Å². The van der Waals surface area contributed by atoms with Gasteiger partial charge in [-0.3, -0.25) is 0 Å². The Hall–Kier alpha value is -4.07. The van der Waals surface area contributed by atoms with Gasteiger partial charge in [0.2, 0.25) is 12.1 Å². The first-order valence-corrected chi connectivity index (χ1v) is 10.3. The van der Waals surface area contributed by atoms with E-state index in [2.05, 4.69) is 37.9 Å². The smallest absolute Gasteiger partial charge is 0.246 e. The van der Waals surface area contributed by atoms with Crippen molar-refractivity contribution in [2.45, 2.75) is 13.2 Å². The Labute approximate surface area is 185 Å². The first-order chi connectivity index (χ1) is 15.7. The van der Waals surface area contributed by atoms with Crippen LogP contribution in [0.25, 0.3) is 22.1 Å². The maximum atomic E-state index is 5.52. The van der Waals surface area contributed by atoms with Gasteiger partial charge >= 0.3 is 0 Å². The van der Waals surface area contributed by atoms with E-state index < -0.39 is 0 Å². The van der Waals surface area contributed by atoms with E-state index in [1.165, 1.54) is 0 Å². The van der Waals surface area contributed by atoms with Gasteiger partial charge in [0.05, 0.1) is 26.8 Å². The van der Waals surface area contributed by atoms with Crippen molar-refractivity contribution in [2.24, 2.45) is 0 Å². The number of para-hydroxylation sites is 3. The topological polar surface area (TPSA) is 67.2 Å². The molecule has 8 heteroatoms. The van der Waals surface area contributed by atoms with Gasteiger partial charge in [-0.1, -0.05) is 29.5 Å². The standard InChI is InChI=1S/C24H24N5O3/c1-30-22-12-17(13-23(31-2)24(22)32-3)14-27-15-28(21-11-7-6-10-20(21)27)16-29-19-9-5-4-8-18(19)25-26-29/h4-13,15H,14,16H2,1-3H3/q+1. The van der Waals surface area contributed by atoms with Gasteiger partial charge in [0.15, 0.2) is 29.2 Å². The number of rotatable bonds is 7. The molecule has 0 aliphatic carbocycles. The molecule has 0 spiro atoms. The summed E-state index contributed by atoms with van der Waals surface area (Å²) in [6, 6.07) is 20.2. The van der Waals surface area contributed by atoms with E-state index in [0.717, 1.165) is 27.6 Å². The predicted molar refractivity (Wildman–Crippen MR) is 120 cm³/mol. The molecule has 0 aliphatic heterocycles. The number of hydrogen-bond acceptors (Lipinski definition) is 5. The second-order valence-corrected chi connectivity index (χ2v) is 7.45. The van der Waals surface area contributed by atoms with Crippen molar-refractivity contribution < 1.29 is 18.8 Å². The van der Waals surface area contributed by atoms with Crippen molar-refractivity contribution in [3.8, 4) is 17.2 Å². The number of imidazole rings is 1. The average Bonchev–Trinajstić information content (AvgIpc) is 3.40. The molecule has 3 aromatic carbocycles. The van der Waals surface area contributed by atoms with Gasteiger partial charge in [-0.15, -0.1) is 5.10 Å². The van der Waals surface area contributed by atoms with Crippen LogP contribution in [-0.2, 0) is 13.2 Å². The molecule has 0 saturated heterocycles. The van der Waals surface area contributed by atoms with Crippen LogP contribution in [0.1, 0.15) is 5.56 Å². The number of benzene rings is 3. The Bertz CT molecular complexity index is 1380. The molecule has 2 aromatic heterocycles. The van der Waals surface area contributed by atoms with Gasteiger partial charge in [0.25, 0.3) is 0 Å². The summed E-state index contributed by atoms with van der Waals surface area (Å²) >= 11 is 0. The quantitative estimate of drug-likeness (QED) is 0.371. The third-order valence-corrected chi connectivity index (χ3v) is 5.56. The van der Waals surface area contributed by atoms with E-state index in [9.17, 15) is 0 Å².